The molecule has 24 heteroatoms. The molecule has 76 heavy (non-hydrogen) atoms. The van der Waals surface area contributed by atoms with Crippen LogP contribution in [-0.2, 0) is 60.9 Å². The van der Waals surface area contributed by atoms with Crippen molar-refractivity contribution < 1.29 is 61.8 Å². The largest absolute Gasteiger partial charge is 0.387 e. The number of nitrogens with two attached hydrogens (primary N) is 1. The van der Waals surface area contributed by atoms with E-state index in [1.807, 2.05) is 30.3 Å². The average Bonchev–Trinajstić information content (AvgIpc) is 3.92. The summed E-state index contributed by atoms with van der Waals surface area (Å²) in [4.78, 5) is 136. The average molecular weight is 1050 g/mol. The number of imide groups is 1. The standard InChI is InChI=1S/C52H61F2N11O11/c1-31(60-43(69)26-59-42(68)22-32-14-17-56-18-15-32)49(74)62-39(25-41(55)67)51(76)61-38(50(75)58-20-19-57-44(70)29-65-45(71)12-13-46(65)72)16-21-64(47(73)30-66)48(52(2,3)4)40-23-34(36-24-35(53)10-11-37(36)54)28-63(40)27-33-8-6-5-7-9-33/h5-15,17-18,23-24,28,31,38-39,48,66H,16,19-22,25-27,29-30H2,1-4H3,(H2,55,67)(H,57,70)(H,58,75)(H,59,68)(H,60,69)(H,61,76)(H,62,74)/t31-,38-,39-,48-/m0/s1. The second-order valence-electron chi connectivity index (χ2n) is 18.8. The molecular formula is C52H61F2N11O11. The van der Waals surface area contributed by atoms with Gasteiger partial charge in [-0.3, -0.25) is 57.8 Å². The zero-order chi connectivity index (χ0) is 55.7. The summed E-state index contributed by atoms with van der Waals surface area (Å²) in [5, 5.41) is 25.2. The van der Waals surface area contributed by atoms with Gasteiger partial charge in [0.2, 0.25) is 47.3 Å². The van der Waals surface area contributed by atoms with Gasteiger partial charge in [0.15, 0.2) is 0 Å². The molecule has 22 nitrogen and oxygen atoms in total. The van der Waals surface area contributed by atoms with Gasteiger partial charge in [0, 0.05) is 73.7 Å². The van der Waals surface area contributed by atoms with E-state index in [-0.39, 0.29) is 43.7 Å². The van der Waals surface area contributed by atoms with Crippen LogP contribution < -0.4 is 37.6 Å². The van der Waals surface area contributed by atoms with Crippen LogP contribution in [0, 0.1) is 17.0 Å². The van der Waals surface area contributed by atoms with E-state index in [0.29, 0.717) is 16.2 Å². The minimum atomic E-state index is -1.75. The Labute approximate surface area is 436 Å². The van der Waals surface area contributed by atoms with Crippen LogP contribution in [0.2, 0.25) is 0 Å². The molecule has 4 atom stereocenters. The summed E-state index contributed by atoms with van der Waals surface area (Å²) >= 11 is 0. The van der Waals surface area contributed by atoms with Crippen molar-refractivity contribution in [2.45, 2.75) is 77.7 Å². The first-order valence-corrected chi connectivity index (χ1v) is 24.1. The molecule has 2 aromatic heterocycles. The lowest BCUT2D eigenvalue weighted by Gasteiger charge is -2.41. The molecule has 0 bridgehead atoms. The molecule has 10 amide bonds. The first-order chi connectivity index (χ1) is 36.0. The van der Waals surface area contributed by atoms with Crippen LogP contribution in [0.1, 0.15) is 63.4 Å². The maximum Gasteiger partial charge on any atom is 0.254 e. The lowest BCUT2D eigenvalue weighted by atomic mass is 9.82. The number of pyridine rings is 1. The number of carbonyl (C=O) groups is 10. The van der Waals surface area contributed by atoms with E-state index in [0.717, 1.165) is 35.9 Å². The molecule has 0 saturated heterocycles. The van der Waals surface area contributed by atoms with Crippen molar-refractivity contribution in [2.24, 2.45) is 11.1 Å². The fourth-order valence-electron chi connectivity index (χ4n) is 8.20. The number of nitrogens with one attached hydrogen (secondary N) is 6. The minimum absolute atomic E-state index is 0.0499. The Morgan fingerprint density at radius 3 is 2.07 bits per heavy atom. The minimum Gasteiger partial charge on any atom is -0.387 e. The molecule has 5 rings (SSSR count). The number of aromatic nitrogens is 2. The van der Waals surface area contributed by atoms with Crippen molar-refractivity contribution in [3.63, 3.8) is 0 Å². The molecule has 0 fully saturated rings. The lowest BCUT2D eigenvalue weighted by Crippen LogP contribution is -2.58. The number of rotatable bonds is 26. The molecule has 1 aliphatic heterocycles. The molecule has 9 N–H and O–H groups in total. The third-order valence-corrected chi connectivity index (χ3v) is 11.8. The predicted octanol–water partition coefficient (Wildman–Crippen LogP) is 0.0408. The van der Waals surface area contributed by atoms with Crippen molar-refractivity contribution >= 4 is 59.1 Å². The lowest BCUT2D eigenvalue weighted by molar-refractivity contribution is -0.141. The molecule has 1 aliphatic rings. The van der Waals surface area contributed by atoms with Gasteiger partial charge in [-0.25, -0.2) is 8.78 Å². The first kappa shape index (κ1) is 58.2. The van der Waals surface area contributed by atoms with Crippen molar-refractivity contribution in [3.8, 4) is 11.1 Å². The van der Waals surface area contributed by atoms with Gasteiger partial charge >= 0.3 is 0 Å². The molecular weight excluding hydrogens is 993 g/mol. The van der Waals surface area contributed by atoms with Crippen LogP contribution in [0.25, 0.3) is 11.1 Å². The number of amides is 10. The third kappa shape index (κ3) is 16.9. The Morgan fingerprint density at radius 1 is 0.763 bits per heavy atom. The number of nitrogens with zero attached hydrogens (tertiary/aromatic N) is 4. The summed E-state index contributed by atoms with van der Waals surface area (Å²) < 4.78 is 31.7. The fourth-order valence-corrected chi connectivity index (χ4v) is 8.20. The summed E-state index contributed by atoms with van der Waals surface area (Å²) in [5.41, 5.74) is 6.65. The second-order valence-corrected chi connectivity index (χ2v) is 18.8. The normalized spacial score (nSPS) is 13.7. The second kappa shape index (κ2) is 27.0. The van der Waals surface area contributed by atoms with E-state index in [1.165, 1.54) is 24.2 Å². The molecule has 404 valence electrons. The van der Waals surface area contributed by atoms with Crippen molar-refractivity contribution in [2.75, 3.05) is 39.3 Å². The van der Waals surface area contributed by atoms with E-state index < -0.39 is 133 Å². The summed E-state index contributed by atoms with van der Waals surface area (Å²) in [6.45, 7) is 3.81. The van der Waals surface area contributed by atoms with E-state index in [4.69, 9.17) is 5.73 Å². The molecule has 0 aliphatic carbocycles. The van der Waals surface area contributed by atoms with E-state index in [9.17, 15) is 57.4 Å². The SMILES string of the molecule is C[C@H](NC(=O)CNC(=O)Cc1ccncc1)C(=O)N[C@@H](CC(N)=O)C(=O)N[C@@H](CCN(C(=O)CO)[C@@H](c1cc(-c2cc(F)ccc2F)cn1Cc1ccccc1)C(C)(C)C)C(=O)NCCNC(=O)CN1C(=O)C=CC1=O. The Balaban J connectivity index is 1.40. The summed E-state index contributed by atoms with van der Waals surface area (Å²) in [5.74, 6) is -9.66. The highest BCUT2D eigenvalue weighted by Crippen LogP contribution is 2.41. The number of primary amides is 1. The van der Waals surface area contributed by atoms with Crippen LogP contribution >= 0.6 is 0 Å². The predicted molar refractivity (Wildman–Crippen MR) is 269 cm³/mol. The highest BCUT2D eigenvalue weighted by molar-refractivity contribution is 6.14. The quantitative estimate of drug-likeness (QED) is 0.0306. The molecule has 0 spiro atoms. The van der Waals surface area contributed by atoms with Crippen molar-refractivity contribution in [1.29, 1.82) is 0 Å². The van der Waals surface area contributed by atoms with Gasteiger partial charge in [-0.15, -0.1) is 0 Å². The van der Waals surface area contributed by atoms with E-state index in [2.05, 4.69) is 36.9 Å². The number of hydrogen-bond acceptors (Lipinski definition) is 12. The van der Waals surface area contributed by atoms with Crippen molar-refractivity contribution in [1.82, 2.24) is 51.3 Å². The smallest absolute Gasteiger partial charge is 0.254 e. The van der Waals surface area contributed by atoms with Crippen LogP contribution in [0.4, 0.5) is 8.78 Å². The van der Waals surface area contributed by atoms with Crippen LogP contribution in [-0.4, -0.2) is 141 Å². The molecule has 4 aromatic rings. The highest BCUT2D eigenvalue weighted by atomic mass is 19.1. The Hall–Kier alpha value is -8.67. The Kier molecular flexibility index (Phi) is 20.7. The van der Waals surface area contributed by atoms with Crippen LogP contribution in [0.15, 0.2) is 97.5 Å². The number of carbonyl (C=O) groups excluding carboxylic acids is 10. The Bertz CT molecular complexity index is 2800. The summed E-state index contributed by atoms with van der Waals surface area (Å²) in [6.07, 6.45) is 5.36. The summed E-state index contributed by atoms with van der Waals surface area (Å²) in [6, 6.07) is 11.3. The molecule has 0 saturated carbocycles. The zero-order valence-corrected chi connectivity index (χ0v) is 42.3. The molecule has 3 heterocycles. The van der Waals surface area contributed by atoms with Crippen LogP contribution in [0.3, 0.4) is 0 Å². The molecule has 0 unspecified atom stereocenters. The summed E-state index contributed by atoms with van der Waals surface area (Å²) in [7, 11) is 0. The zero-order valence-electron chi connectivity index (χ0n) is 42.3. The van der Waals surface area contributed by atoms with Crippen molar-refractivity contribution in [3.05, 3.63) is 126 Å². The first-order valence-electron chi connectivity index (χ1n) is 24.1. The van der Waals surface area contributed by atoms with Crippen LogP contribution in [0.5, 0.6) is 0 Å². The van der Waals surface area contributed by atoms with Gasteiger partial charge in [-0.05, 0) is 66.3 Å². The third-order valence-electron chi connectivity index (χ3n) is 11.8. The number of aliphatic hydroxyl groups is 1. The monoisotopic (exact) mass is 1050 g/mol. The van der Waals surface area contributed by atoms with E-state index >= 15 is 4.39 Å². The van der Waals surface area contributed by atoms with Gasteiger partial charge in [-0.2, -0.15) is 0 Å². The number of hydrogen-bond donors (Lipinski definition) is 8. The molecule has 0 radical (unpaired) electrons. The van der Waals surface area contributed by atoms with E-state index in [1.54, 1.807) is 49.7 Å². The molecule has 2 aromatic carbocycles. The number of aliphatic hydroxyl groups excluding tert-OH is 1. The highest BCUT2D eigenvalue weighted by Gasteiger charge is 2.39. The number of benzene rings is 2. The van der Waals surface area contributed by atoms with Gasteiger partial charge in [0.1, 0.15) is 42.9 Å². The van der Waals surface area contributed by atoms with Gasteiger partial charge in [-0.1, -0.05) is 51.1 Å². The Morgan fingerprint density at radius 2 is 1.42 bits per heavy atom. The maximum atomic E-state index is 15.4. The topological polar surface area (TPSA) is 313 Å². The van der Waals surface area contributed by atoms with Gasteiger partial charge < -0.3 is 52.2 Å². The number of halogens is 2. The van der Waals surface area contributed by atoms with Gasteiger partial charge in [0.25, 0.3) is 11.8 Å². The maximum absolute atomic E-state index is 15.4. The van der Waals surface area contributed by atoms with Gasteiger partial charge in [0.05, 0.1) is 25.4 Å². The fraction of sp³-hybridized carbons (Fsp3) is 0.365.